The number of fused-ring (bicyclic) bond motifs is 7. The molecule has 0 saturated heterocycles. The van der Waals surface area contributed by atoms with Gasteiger partial charge in [-0.1, -0.05) is 54.0 Å². The van der Waals surface area contributed by atoms with Crippen molar-refractivity contribution in [2.24, 2.45) is 50.2 Å². The third-order valence-electron chi connectivity index (χ3n) is 14.3. The minimum Gasteiger partial charge on any atom is -0.550 e. The van der Waals surface area contributed by atoms with Crippen molar-refractivity contribution in [3.8, 4) is 0 Å². The molecule has 0 aliphatic heterocycles. The molecular formula is C36H51K2NO8. The Bertz CT molecular complexity index is 1350. The summed E-state index contributed by atoms with van der Waals surface area (Å²) in [6.07, 6.45) is 8.21. The van der Waals surface area contributed by atoms with E-state index in [0.717, 1.165) is 38.5 Å². The van der Waals surface area contributed by atoms with Gasteiger partial charge in [0.15, 0.2) is 5.78 Å². The van der Waals surface area contributed by atoms with E-state index in [0.29, 0.717) is 19.3 Å². The minimum atomic E-state index is -1.31. The normalized spacial score (nSPS) is 41.5. The number of ketones is 1. The Kier molecular flexibility index (Phi) is 13.0. The molecule has 47 heavy (non-hydrogen) atoms. The van der Waals surface area contributed by atoms with E-state index in [1.165, 1.54) is 5.57 Å². The quantitative estimate of drug-likeness (QED) is 0.222. The number of allylic oxidation sites excluding steroid dienone is 2. The molecule has 0 unspecified atom stereocenters. The zero-order chi connectivity index (χ0) is 33.4. The Labute approximate surface area is 365 Å². The van der Waals surface area contributed by atoms with Crippen LogP contribution >= 0.6 is 0 Å². The van der Waals surface area contributed by atoms with Crippen LogP contribution in [0, 0.1) is 50.2 Å². The molecule has 0 aromatic rings. The first kappa shape index (κ1) is 42.0. The molecule has 0 heterocycles. The van der Waals surface area contributed by atoms with Gasteiger partial charge >= 0.3 is 109 Å². The molecule has 11 heteroatoms. The molecule has 9 nitrogen and oxygen atoms in total. The fourth-order valence-corrected chi connectivity index (χ4v) is 11.4. The van der Waals surface area contributed by atoms with E-state index in [9.17, 15) is 34.2 Å². The molecule has 9 atom stereocenters. The standard InChI is InChI=1S/C36H53NO8.2K/c1-31(2)24-10-13-36(7)29(34(24,5)12-11-25(31)45-28(43)9-8-26(39)40)23(38)18-21-22-19-33(4,30(44)37-20-27(41)42)15-14-32(22,3)16-17-35(21,36)6;;/h18,22,24-25,29H,8-17,19-20H2,1-7H3,(H,37,44)(H,39,40)(H,41,42);;/q;2*+1/p-2/t22-,24-,25-,29+,32+,33-,34-,35+,36+;;/m0../s1. The second-order valence-electron chi connectivity index (χ2n) is 17.0. The average Bonchev–Trinajstić information content (AvgIpc) is 2.94. The molecule has 1 amide bonds. The van der Waals surface area contributed by atoms with Gasteiger partial charge in [-0.2, -0.15) is 0 Å². The van der Waals surface area contributed by atoms with Gasteiger partial charge in [0.25, 0.3) is 0 Å². The number of hydrogen-bond donors (Lipinski definition) is 1. The average molecular weight is 704 g/mol. The summed E-state index contributed by atoms with van der Waals surface area (Å²) in [5.74, 6) is -3.22. The number of ether oxygens (including phenoxy) is 1. The number of rotatable bonds is 7. The minimum absolute atomic E-state index is 0. The van der Waals surface area contributed by atoms with Crippen molar-refractivity contribution in [1.82, 2.24) is 5.32 Å². The monoisotopic (exact) mass is 703 g/mol. The number of carbonyl (C=O) groups is 5. The molecule has 250 valence electrons. The van der Waals surface area contributed by atoms with E-state index in [2.05, 4.69) is 46.9 Å². The van der Waals surface area contributed by atoms with Gasteiger partial charge in [-0.05, 0) is 104 Å². The Balaban J connectivity index is 0.00000300. The summed E-state index contributed by atoms with van der Waals surface area (Å²) in [6, 6.07) is 0. The summed E-state index contributed by atoms with van der Waals surface area (Å²) in [7, 11) is 0. The Hall–Kier alpha value is 0.563. The largest absolute Gasteiger partial charge is 1.00 e. The second-order valence-corrected chi connectivity index (χ2v) is 17.0. The zero-order valence-corrected chi connectivity index (χ0v) is 36.4. The smallest absolute Gasteiger partial charge is 0.550 e. The van der Waals surface area contributed by atoms with Crippen molar-refractivity contribution >= 4 is 29.6 Å². The maximum Gasteiger partial charge on any atom is 1.00 e. The van der Waals surface area contributed by atoms with Gasteiger partial charge in [0.1, 0.15) is 6.10 Å². The topological polar surface area (TPSA) is 153 Å². The molecule has 0 spiro atoms. The predicted molar refractivity (Wildman–Crippen MR) is 162 cm³/mol. The molecule has 5 aliphatic carbocycles. The second kappa shape index (κ2) is 14.5. The Morgan fingerprint density at radius 1 is 0.851 bits per heavy atom. The van der Waals surface area contributed by atoms with E-state index in [1.807, 2.05) is 13.0 Å². The van der Waals surface area contributed by atoms with Crippen LogP contribution in [0.2, 0.25) is 0 Å². The van der Waals surface area contributed by atoms with Crippen LogP contribution in [0.4, 0.5) is 0 Å². The molecule has 0 aromatic carbocycles. The molecule has 4 saturated carbocycles. The van der Waals surface area contributed by atoms with Crippen molar-refractivity contribution in [2.45, 2.75) is 125 Å². The van der Waals surface area contributed by atoms with Crippen molar-refractivity contribution in [1.29, 1.82) is 0 Å². The number of carbonyl (C=O) groups excluding carboxylic acids is 5. The van der Waals surface area contributed by atoms with Gasteiger partial charge in [-0.3, -0.25) is 14.4 Å². The molecular weight excluding hydrogens is 653 g/mol. The number of nitrogens with one attached hydrogen (secondary N) is 1. The summed E-state index contributed by atoms with van der Waals surface area (Å²) in [6.45, 7) is 14.9. The molecule has 0 radical (unpaired) electrons. The third-order valence-corrected chi connectivity index (χ3v) is 14.3. The van der Waals surface area contributed by atoms with Gasteiger partial charge < -0.3 is 29.9 Å². The maximum atomic E-state index is 14.6. The molecule has 0 bridgehead atoms. The van der Waals surface area contributed by atoms with Gasteiger partial charge in [-0.15, -0.1) is 0 Å². The van der Waals surface area contributed by atoms with E-state index in [4.69, 9.17) is 4.74 Å². The van der Waals surface area contributed by atoms with Crippen LogP contribution in [-0.2, 0) is 28.7 Å². The molecule has 5 rings (SSSR count). The number of esters is 1. The summed E-state index contributed by atoms with van der Waals surface area (Å²) < 4.78 is 5.89. The van der Waals surface area contributed by atoms with Crippen LogP contribution in [0.1, 0.15) is 119 Å². The Morgan fingerprint density at radius 2 is 1.49 bits per heavy atom. The van der Waals surface area contributed by atoms with E-state index in [1.54, 1.807) is 0 Å². The molecule has 1 N–H and O–H groups in total. The number of aliphatic carboxylic acids is 2. The van der Waals surface area contributed by atoms with E-state index >= 15 is 0 Å². The van der Waals surface area contributed by atoms with Crippen LogP contribution in [0.5, 0.6) is 0 Å². The van der Waals surface area contributed by atoms with Gasteiger partial charge in [0.2, 0.25) is 5.91 Å². The zero-order valence-electron chi connectivity index (χ0n) is 30.1. The van der Waals surface area contributed by atoms with E-state index in [-0.39, 0.29) is 173 Å². The van der Waals surface area contributed by atoms with Crippen molar-refractivity contribution in [2.75, 3.05) is 6.54 Å². The first-order chi connectivity index (χ1) is 20.7. The van der Waals surface area contributed by atoms with Gasteiger partial charge in [-0.25, -0.2) is 0 Å². The van der Waals surface area contributed by atoms with Crippen molar-refractivity contribution in [3.05, 3.63) is 11.6 Å². The fraction of sp³-hybridized carbons (Fsp3) is 0.806. The fourth-order valence-electron chi connectivity index (χ4n) is 11.4. The summed E-state index contributed by atoms with van der Waals surface area (Å²) >= 11 is 0. The SMILES string of the molecule is CC1(C)[C@@H](OC(=O)CCC(=O)[O-])CC[C@]2(C)[C@H]3C(=O)C=C4[C@@H]5C[C@@](C)(C(=O)NCC(=O)[O-])CC[C@]5(C)CC[C@@]4(C)[C@]3(C)CC[C@@H]12.[K+].[K+]. The third kappa shape index (κ3) is 7.05. The maximum absolute atomic E-state index is 14.6. The molecule has 0 aromatic heterocycles. The number of carboxylic acid groups (broad SMARTS) is 2. The predicted octanol–water partition coefficient (Wildman–Crippen LogP) is -2.72. The van der Waals surface area contributed by atoms with Gasteiger partial charge in [0, 0.05) is 22.7 Å². The van der Waals surface area contributed by atoms with Crippen LogP contribution < -0.4 is 118 Å². The summed E-state index contributed by atoms with van der Waals surface area (Å²) in [4.78, 5) is 62.4. The molecule has 5 aliphatic rings. The van der Waals surface area contributed by atoms with Crippen molar-refractivity contribution in [3.63, 3.8) is 0 Å². The number of carboxylic acids is 2. The first-order valence-electron chi connectivity index (χ1n) is 16.9. The van der Waals surface area contributed by atoms with Crippen LogP contribution in [0.25, 0.3) is 0 Å². The first-order valence-corrected chi connectivity index (χ1v) is 16.9. The van der Waals surface area contributed by atoms with E-state index < -0.39 is 35.3 Å². The van der Waals surface area contributed by atoms with Crippen LogP contribution in [0.3, 0.4) is 0 Å². The summed E-state index contributed by atoms with van der Waals surface area (Å²) in [5, 5.41) is 24.5. The van der Waals surface area contributed by atoms with Crippen LogP contribution in [-0.4, -0.2) is 42.2 Å². The summed E-state index contributed by atoms with van der Waals surface area (Å²) in [5.41, 5.74) is -0.822. The number of amides is 1. The molecule has 4 fully saturated rings. The van der Waals surface area contributed by atoms with Crippen molar-refractivity contribution < 1.29 is 142 Å². The number of hydrogen-bond acceptors (Lipinski definition) is 8. The van der Waals surface area contributed by atoms with Crippen LogP contribution in [0.15, 0.2) is 11.6 Å². The van der Waals surface area contributed by atoms with Gasteiger partial charge in [0.05, 0.1) is 18.9 Å². The Morgan fingerprint density at radius 3 is 2.11 bits per heavy atom.